The van der Waals surface area contributed by atoms with E-state index in [9.17, 15) is 0 Å². The molecule has 1 aliphatic heterocycles. The normalized spacial score (nSPS) is 30.7. The number of benzene rings is 1. The molecule has 0 aromatic heterocycles. The van der Waals surface area contributed by atoms with Crippen LogP contribution in [0.2, 0.25) is 0 Å². The van der Waals surface area contributed by atoms with E-state index < -0.39 is 0 Å². The Labute approximate surface area is 120 Å². The van der Waals surface area contributed by atoms with Crippen LogP contribution in [0.4, 0.5) is 0 Å². The van der Waals surface area contributed by atoms with Gasteiger partial charge in [0.1, 0.15) is 0 Å². The standard InChI is InChI=1S/C17H21NO2/c1-2-4-13(5-3-1)12-18-16-8-14-10-17(11-15(14)9-16)19-6-7-20-17/h1-5,8,15-16,18H,6-7,9-12H2/t15-,16+/m0/s1. The van der Waals surface area contributed by atoms with Crippen LogP contribution in [0.15, 0.2) is 42.0 Å². The van der Waals surface area contributed by atoms with E-state index in [1.165, 1.54) is 17.6 Å². The first-order valence-corrected chi connectivity index (χ1v) is 7.59. The summed E-state index contributed by atoms with van der Waals surface area (Å²) in [6.45, 7) is 2.46. The van der Waals surface area contributed by atoms with Crippen LogP contribution in [0, 0.1) is 5.92 Å². The van der Waals surface area contributed by atoms with Gasteiger partial charge in [0.2, 0.25) is 0 Å². The molecule has 4 rings (SSSR count). The third-order valence-corrected chi connectivity index (χ3v) is 4.73. The minimum absolute atomic E-state index is 0.263. The molecule has 106 valence electrons. The molecule has 0 amide bonds. The molecule has 0 radical (unpaired) electrons. The van der Waals surface area contributed by atoms with Crippen molar-refractivity contribution in [3.05, 3.63) is 47.5 Å². The van der Waals surface area contributed by atoms with E-state index in [0.29, 0.717) is 12.0 Å². The second-order valence-electron chi connectivity index (χ2n) is 6.14. The van der Waals surface area contributed by atoms with Gasteiger partial charge in [-0.25, -0.2) is 0 Å². The molecule has 1 aromatic rings. The van der Waals surface area contributed by atoms with Crippen molar-refractivity contribution in [3.63, 3.8) is 0 Å². The Kier molecular flexibility index (Phi) is 3.14. The average Bonchev–Trinajstić information content (AvgIpc) is 3.14. The molecular formula is C17H21NO2. The van der Waals surface area contributed by atoms with Gasteiger partial charge in [0, 0.05) is 25.4 Å². The van der Waals surface area contributed by atoms with Crippen LogP contribution in [0.25, 0.3) is 0 Å². The minimum Gasteiger partial charge on any atom is -0.347 e. The van der Waals surface area contributed by atoms with Gasteiger partial charge < -0.3 is 14.8 Å². The third kappa shape index (κ3) is 2.30. The van der Waals surface area contributed by atoms with Crippen LogP contribution in [-0.4, -0.2) is 25.0 Å². The van der Waals surface area contributed by atoms with Crippen molar-refractivity contribution in [2.75, 3.05) is 13.2 Å². The summed E-state index contributed by atoms with van der Waals surface area (Å²) in [4.78, 5) is 0. The quantitative estimate of drug-likeness (QED) is 0.857. The van der Waals surface area contributed by atoms with Crippen molar-refractivity contribution < 1.29 is 9.47 Å². The maximum Gasteiger partial charge on any atom is 0.172 e. The maximum atomic E-state index is 5.82. The summed E-state index contributed by atoms with van der Waals surface area (Å²) in [5.74, 6) is 0.391. The summed E-state index contributed by atoms with van der Waals surface area (Å²) in [7, 11) is 0. The van der Waals surface area contributed by atoms with Crippen molar-refractivity contribution in [1.82, 2.24) is 5.32 Å². The minimum atomic E-state index is -0.263. The van der Waals surface area contributed by atoms with E-state index in [4.69, 9.17) is 9.47 Å². The summed E-state index contributed by atoms with van der Waals surface area (Å²) in [5.41, 5.74) is 2.89. The summed E-state index contributed by atoms with van der Waals surface area (Å²) in [6, 6.07) is 11.1. The third-order valence-electron chi connectivity index (χ3n) is 4.73. The number of nitrogens with one attached hydrogen (secondary N) is 1. The van der Waals surface area contributed by atoms with Gasteiger partial charge in [-0.05, 0) is 17.9 Å². The Morgan fingerprint density at radius 3 is 2.70 bits per heavy atom. The summed E-state index contributed by atoms with van der Waals surface area (Å²) in [5, 5.41) is 3.65. The average molecular weight is 271 g/mol. The lowest BCUT2D eigenvalue weighted by Gasteiger charge is -2.22. The van der Waals surface area contributed by atoms with Crippen LogP contribution in [0.5, 0.6) is 0 Å². The van der Waals surface area contributed by atoms with Gasteiger partial charge in [0.25, 0.3) is 0 Å². The van der Waals surface area contributed by atoms with Crippen LogP contribution >= 0.6 is 0 Å². The molecule has 1 aromatic carbocycles. The largest absolute Gasteiger partial charge is 0.347 e. The predicted octanol–water partition coefficient (Wildman–Crippen LogP) is 2.63. The zero-order valence-corrected chi connectivity index (χ0v) is 11.7. The molecule has 20 heavy (non-hydrogen) atoms. The second kappa shape index (κ2) is 4.99. The Balaban J connectivity index is 1.36. The summed E-state index contributed by atoms with van der Waals surface area (Å²) >= 11 is 0. The molecule has 2 atom stereocenters. The Morgan fingerprint density at radius 2 is 1.95 bits per heavy atom. The maximum absolute atomic E-state index is 5.82. The number of hydrogen-bond acceptors (Lipinski definition) is 3. The van der Waals surface area contributed by atoms with E-state index in [1.54, 1.807) is 0 Å². The molecule has 3 nitrogen and oxygen atoms in total. The fourth-order valence-electron chi connectivity index (χ4n) is 3.80. The van der Waals surface area contributed by atoms with E-state index in [2.05, 4.69) is 41.7 Å². The monoisotopic (exact) mass is 271 g/mol. The molecule has 1 N–H and O–H groups in total. The first kappa shape index (κ1) is 12.6. The van der Waals surface area contributed by atoms with Crippen LogP contribution in [-0.2, 0) is 16.0 Å². The molecule has 3 aliphatic rings. The summed E-state index contributed by atoms with van der Waals surface area (Å²) < 4.78 is 11.6. The lowest BCUT2D eigenvalue weighted by Crippen LogP contribution is -2.29. The SMILES string of the molecule is C1=C2CC3(C[C@@H]2C[C@@H]1NCc1ccccc1)OCCO3. The van der Waals surface area contributed by atoms with Gasteiger partial charge in [0.05, 0.1) is 13.2 Å². The zero-order chi connectivity index (χ0) is 13.4. The molecule has 0 unspecified atom stereocenters. The van der Waals surface area contributed by atoms with Crippen molar-refractivity contribution in [2.24, 2.45) is 5.92 Å². The number of ether oxygens (including phenoxy) is 2. The highest BCUT2D eigenvalue weighted by atomic mass is 16.7. The fourth-order valence-corrected chi connectivity index (χ4v) is 3.80. The van der Waals surface area contributed by atoms with Crippen LogP contribution in [0.1, 0.15) is 24.8 Å². The lowest BCUT2D eigenvalue weighted by atomic mass is 10.0. The van der Waals surface area contributed by atoms with Gasteiger partial charge in [0.15, 0.2) is 5.79 Å². The van der Waals surface area contributed by atoms with Gasteiger partial charge in [-0.15, -0.1) is 0 Å². The highest BCUT2D eigenvalue weighted by molar-refractivity contribution is 5.26. The van der Waals surface area contributed by atoms with Gasteiger partial charge in [-0.1, -0.05) is 42.0 Å². The lowest BCUT2D eigenvalue weighted by molar-refractivity contribution is -0.151. The van der Waals surface area contributed by atoms with Gasteiger partial charge in [-0.3, -0.25) is 0 Å². The summed E-state index contributed by atoms with van der Waals surface area (Å²) in [6.07, 6.45) is 5.62. The highest BCUT2D eigenvalue weighted by Crippen LogP contribution is 2.48. The predicted molar refractivity (Wildman–Crippen MR) is 77.1 cm³/mol. The van der Waals surface area contributed by atoms with E-state index in [-0.39, 0.29) is 5.79 Å². The molecule has 1 heterocycles. The highest BCUT2D eigenvalue weighted by Gasteiger charge is 2.48. The Morgan fingerprint density at radius 1 is 1.15 bits per heavy atom. The van der Waals surface area contributed by atoms with Gasteiger partial charge >= 0.3 is 0 Å². The van der Waals surface area contributed by atoms with Crippen molar-refractivity contribution >= 4 is 0 Å². The zero-order valence-electron chi connectivity index (χ0n) is 11.7. The Hall–Kier alpha value is -1.16. The molecule has 2 aliphatic carbocycles. The number of rotatable bonds is 3. The Bertz CT molecular complexity index is 505. The molecule has 3 heteroatoms. The number of fused-ring (bicyclic) bond motifs is 1. The first-order valence-electron chi connectivity index (χ1n) is 7.59. The van der Waals surface area contributed by atoms with E-state index in [1.807, 2.05) is 0 Å². The molecule has 2 fully saturated rings. The van der Waals surface area contributed by atoms with Crippen LogP contribution in [0.3, 0.4) is 0 Å². The van der Waals surface area contributed by atoms with Gasteiger partial charge in [-0.2, -0.15) is 0 Å². The molecule has 1 saturated carbocycles. The van der Waals surface area contributed by atoms with Crippen molar-refractivity contribution in [1.29, 1.82) is 0 Å². The molecule has 1 saturated heterocycles. The fraction of sp³-hybridized carbons (Fsp3) is 0.529. The number of hydrogen-bond donors (Lipinski definition) is 1. The second-order valence-corrected chi connectivity index (χ2v) is 6.14. The topological polar surface area (TPSA) is 30.5 Å². The van der Waals surface area contributed by atoms with Crippen molar-refractivity contribution in [2.45, 2.75) is 37.6 Å². The van der Waals surface area contributed by atoms with Crippen molar-refractivity contribution in [3.8, 4) is 0 Å². The molecule has 0 bridgehead atoms. The first-order chi connectivity index (χ1) is 9.83. The van der Waals surface area contributed by atoms with E-state index >= 15 is 0 Å². The molecular weight excluding hydrogens is 250 g/mol. The van der Waals surface area contributed by atoms with Crippen LogP contribution < -0.4 is 5.32 Å². The smallest absolute Gasteiger partial charge is 0.172 e. The van der Waals surface area contributed by atoms with E-state index in [0.717, 1.165) is 32.6 Å². The molecule has 1 spiro atoms.